The van der Waals surface area contributed by atoms with Gasteiger partial charge in [-0.25, -0.2) is 9.18 Å². The van der Waals surface area contributed by atoms with Crippen molar-refractivity contribution in [2.75, 3.05) is 26.3 Å². The summed E-state index contributed by atoms with van der Waals surface area (Å²) >= 11 is 0. The smallest absolute Gasteiger partial charge is 0.415 e. The van der Waals surface area contributed by atoms with Gasteiger partial charge < -0.3 is 19.1 Å². The molecule has 0 saturated carbocycles. The molecule has 1 heterocycles. The lowest BCUT2D eigenvalue weighted by atomic mass is 10.1. The van der Waals surface area contributed by atoms with E-state index in [1.807, 2.05) is 0 Å². The normalized spacial score (nSPS) is 13.9. The van der Waals surface area contributed by atoms with Gasteiger partial charge in [0.2, 0.25) is 0 Å². The number of benzene rings is 2. The van der Waals surface area contributed by atoms with Gasteiger partial charge in [-0.15, -0.1) is 0 Å². The largest absolute Gasteiger partial charge is 0.493 e. The minimum Gasteiger partial charge on any atom is -0.493 e. The molecular weight excluding hydrogens is 349 g/mol. The van der Waals surface area contributed by atoms with Crippen LogP contribution >= 0.6 is 0 Å². The average Bonchev–Trinajstić information content (AvgIpc) is 2.70. The van der Waals surface area contributed by atoms with Crippen LogP contribution in [0.5, 0.6) is 17.2 Å². The van der Waals surface area contributed by atoms with Crippen molar-refractivity contribution in [2.45, 2.75) is 25.7 Å². The first kappa shape index (κ1) is 19.0. The summed E-state index contributed by atoms with van der Waals surface area (Å²) in [6.45, 7) is 2.44. The summed E-state index contributed by atoms with van der Waals surface area (Å²) in [5, 5.41) is 0. The average molecular weight is 373 g/mol. The highest BCUT2D eigenvalue weighted by Crippen LogP contribution is 2.19. The molecule has 1 aliphatic heterocycles. The molecule has 0 bridgehead atoms. The van der Waals surface area contributed by atoms with E-state index in [1.165, 1.54) is 18.6 Å². The number of halogens is 1. The molecule has 6 heteroatoms. The molecule has 0 spiro atoms. The Kier molecular flexibility index (Phi) is 6.90. The van der Waals surface area contributed by atoms with E-state index in [2.05, 4.69) is 0 Å². The molecule has 0 aromatic heterocycles. The van der Waals surface area contributed by atoms with Gasteiger partial charge in [0.1, 0.15) is 23.1 Å². The van der Waals surface area contributed by atoms with E-state index in [0.29, 0.717) is 36.9 Å². The van der Waals surface area contributed by atoms with Crippen LogP contribution in [0.15, 0.2) is 48.5 Å². The minimum atomic E-state index is -0.315. The third-order valence-corrected chi connectivity index (χ3v) is 4.27. The molecule has 144 valence electrons. The van der Waals surface area contributed by atoms with Crippen molar-refractivity contribution in [3.8, 4) is 17.2 Å². The van der Waals surface area contributed by atoms with Crippen LogP contribution in [-0.4, -0.2) is 37.3 Å². The van der Waals surface area contributed by atoms with Crippen molar-refractivity contribution in [3.63, 3.8) is 0 Å². The van der Waals surface area contributed by atoms with Crippen LogP contribution < -0.4 is 14.2 Å². The van der Waals surface area contributed by atoms with Gasteiger partial charge in [-0.2, -0.15) is 0 Å². The lowest BCUT2D eigenvalue weighted by Crippen LogP contribution is -2.37. The number of hydrogen-bond acceptors (Lipinski definition) is 4. The maximum atomic E-state index is 13.0. The van der Waals surface area contributed by atoms with Crippen LogP contribution in [0.2, 0.25) is 0 Å². The number of hydrogen-bond donors (Lipinski definition) is 0. The van der Waals surface area contributed by atoms with E-state index < -0.39 is 0 Å². The molecule has 1 amide bonds. The molecule has 0 unspecified atom stereocenters. The highest BCUT2D eigenvalue weighted by Gasteiger charge is 2.18. The van der Waals surface area contributed by atoms with Gasteiger partial charge in [-0.05, 0) is 55.7 Å². The van der Waals surface area contributed by atoms with Crippen LogP contribution in [0.3, 0.4) is 0 Å². The number of rotatable bonds is 7. The Morgan fingerprint density at radius 2 is 1.56 bits per heavy atom. The van der Waals surface area contributed by atoms with Crippen LogP contribution in [-0.2, 0) is 0 Å². The molecule has 2 aromatic rings. The second-order valence-corrected chi connectivity index (χ2v) is 6.39. The number of likely N-dealkylation sites (tertiary alicyclic amines) is 1. The number of ether oxygens (including phenoxy) is 3. The number of piperidine rings is 1. The van der Waals surface area contributed by atoms with Crippen LogP contribution in [0, 0.1) is 5.82 Å². The van der Waals surface area contributed by atoms with E-state index >= 15 is 0 Å². The van der Waals surface area contributed by atoms with E-state index in [0.717, 1.165) is 25.9 Å². The molecule has 1 fully saturated rings. The fraction of sp³-hybridized carbons (Fsp3) is 0.381. The Morgan fingerprint density at radius 3 is 2.26 bits per heavy atom. The quantitative estimate of drug-likeness (QED) is 0.663. The summed E-state index contributed by atoms with van der Waals surface area (Å²) in [6.07, 6.45) is 3.61. The maximum Gasteiger partial charge on any atom is 0.415 e. The van der Waals surface area contributed by atoms with Crippen molar-refractivity contribution in [1.29, 1.82) is 0 Å². The lowest BCUT2D eigenvalue weighted by molar-refractivity contribution is 0.142. The van der Waals surface area contributed by atoms with E-state index in [9.17, 15) is 9.18 Å². The van der Waals surface area contributed by atoms with E-state index in [4.69, 9.17) is 14.2 Å². The minimum absolute atomic E-state index is 0.294. The number of nitrogens with zero attached hydrogens (tertiary/aromatic N) is 1. The Balaban J connectivity index is 1.35. The van der Waals surface area contributed by atoms with Gasteiger partial charge >= 0.3 is 6.09 Å². The topological polar surface area (TPSA) is 48.0 Å². The molecule has 1 saturated heterocycles. The maximum absolute atomic E-state index is 13.0. The summed E-state index contributed by atoms with van der Waals surface area (Å²) in [6, 6.07) is 13.0. The van der Waals surface area contributed by atoms with Gasteiger partial charge in [-0.3, -0.25) is 0 Å². The molecule has 3 rings (SSSR count). The SMILES string of the molecule is O=C(Oc1ccc(OCCCOc2cccc(F)c2)cc1)N1CCCCC1. The molecule has 0 atom stereocenters. The molecule has 27 heavy (non-hydrogen) atoms. The van der Waals surface area contributed by atoms with E-state index in [1.54, 1.807) is 41.3 Å². The second kappa shape index (κ2) is 9.80. The molecule has 2 aromatic carbocycles. The lowest BCUT2D eigenvalue weighted by Gasteiger charge is -2.25. The van der Waals surface area contributed by atoms with Gasteiger partial charge in [0.05, 0.1) is 13.2 Å². The predicted molar refractivity (Wildman–Crippen MR) is 99.9 cm³/mol. The Bertz CT molecular complexity index is 729. The fourth-order valence-electron chi connectivity index (χ4n) is 2.84. The monoisotopic (exact) mass is 373 g/mol. The first-order valence-corrected chi connectivity index (χ1v) is 9.29. The standard InChI is InChI=1S/C21H24FNO4/c22-17-6-4-7-20(16-17)26-15-5-14-25-18-8-10-19(11-9-18)27-21(24)23-12-2-1-3-13-23/h4,6-11,16H,1-3,5,12-15H2. The molecule has 5 nitrogen and oxygen atoms in total. The van der Waals surface area contributed by atoms with Crippen molar-refractivity contribution >= 4 is 6.09 Å². The number of amides is 1. The molecule has 0 radical (unpaired) electrons. The Morgan fingerprint density at radius 1 is 0.889 bits per heavy atom. The highest BCUT2D eigenvalue weighted by atomic mass is 19.1. The zero-order valence-electron chi connectivity index (χ0n) is 15.2. The van der Waals surface area contributed by atoms with Crippen molar-refractivity contribution in [2.24, 2.45) is 0 Å². The second-order valence-electron chi connectivity index (χ2n) is 6.39. The molecule has 0 aliphatic carbocycles. The van der Waals surface area contributed by atoms with Crippen LogP contribution in [0.25, 0.3) is 0 Å². The van der Waals surface area contributed by atoms with Gasteiger partial charge in [0, 0.05) is 25.6 Å². The zero-order chi connectivity index (χ0) is 18.9. The Labute approximate surface area is 158 Å². The summed E-state index contributed by atoms with van der Waals surface area (Å²) in [4.78, 5) is 13.8. The summed E-state index contributed by atoms with van der Waals surface area (Å²) in [5.74, 6) is 1.39. The molecule has 1 aliphatic rings. The first-order chi connectivity index (χ1) is 13.2. The van der Waals surface area contributed by atoms with Gasteiger partial charge in [0.25, 0.3) is 0 Å². The summed E-state index contributed by atoms with van der Waals surface area (Å²) < 4.78 is 29.5. The summed E-state index contributed by atoms with van der Waals surface area (Å²) in [7, 11) is 0. The van der Waals surface area contributed by atoms with Gasteiger partial charge in [0.15, 0.2) is 0 Å². The van der Waals surface area contributed by atoms with Gasteiger partial charge in [-0.1, -0.05) is 6.07 Å². The summed E-state index contributed by atoms with van der Waals surface area (Å²) in [5.41, 5.74) is 0. The third-order valence-electron chi connectivity index (χ3n) is 4.27. The van der Waals surface area contributed by atoms with Crippen molar-refractivity contribution in [1.82, 2.24) is 4.90 Å². The predicted octanol–water partition coefficient (Wildman–Crippen LogP) is 4.66. The van der Waals surface area contributed by atoms with Crippen molar-refractivity contribution in [3.05, 3.63) is 54.3 Å². The fourth-order valence-corrected chi connectivity index (χ4v) is 2.84. The molecular formula is C21H24FNO4. The highest BCUT2D eigenvalue weighted by molar-refractivity contribution is 5.70. The van der Waals surface area contributed by atoms with Crippen LogP contribution in [0.1, 0.15) is 25.7 Å². The van der Waals surface area contributed by atoms with E-state index in [-0.39, 0.29) is 11.9 Å². The van der Waals surface area contributed by atoms with Crippen LogP contribution in [0.4, 0.5) is 9.18 Å². The molecule has 0 N–H and O–H groups in total. The third kappa shape index (κ3) is 6.16. The number of carbonyl (C=O) groups is 1. The number of carbonyl (C=O) groups excluding carboxylic acids is 1. The first-order valence-electron chi connectivity index (χ1n) is 9.29. The zero-order valence-corrected chi connectivity index (χ0v) is 15.2. The van der Waals surface area contributed by atoms with Crippen molar-refractivity contribution < 1.29 is 23.4 Å². The Hall–Kier alpha value is -2.76.